The summed E-state index contributed by atoms with van der Waals surface area (Å²) in [5, 5.41) is 7.16. The van der Waals surface area contributed by atoms with Gasteiger partial charge in [-0.05, 0) is 6.92 Å². The summed E-state index contributed by atoms with van der Waals surface area (Å²) in [6.45, 7) is 3.52. The zero-order chi connectivity index (χ0) is 8.15. The quantitative estimate of drug-likeness (QED) is 0.477. The van der Waals surface area contributed by atoms with Crippen molar-refractivity contribution in [1.82, 2.24) is 0 Å². The molecular formula is C7H13NO2. The van der Waals surface area contributed by atoms with Gasteiger partial charge in [0.2, 0.25) is 0 Å². The van der Waals surface area contributed by atoms with Crippen LogP contribution in [0.15, 0.2) is 0 Å². The van der Waals surface area contributed by atoms with E-state index < -0.39 is 0 Å². The summed E-state index contributed by atoms with van der Waals surface area (Å²) in [5.41, 5.74) is 0.519. The number of methoxy groups -OCH3 is 1. The van der Waals surface area contributed by atoms with E-state index in [0.29, 0.717) is 12.1 Å². The Hall–Kier alpha value is -0.860. The molecule has 0 fully saturated rings. The third kappa shape index (κ3) is 3.22. The molecule has 0 rings (SSSR count). The molecule has 0 bridgehead atoms. The SMILES string of the molecule is COC(=O)C[C@@H](C)C(C)=N. The van der Waals surface area contributed by atoms with E-state index in [2.05, 4.69) is 4.74 Å². The van der Waals surface area contributed by atoms with Gasteiger partial charge in [-0.15, -0.1) is 0 Å². The topological polar surface area (TPSA) is 50.2 Å². The Morgan fingerprint density at radius 1 is 1.70 bits per heavy atom. The molecule has 0 amide bonds. The summed E-state index contributed by atoms with van der Waals surface area (Å²) in [5.74, 6) is -0.244. The van der Waals surface area contributed by atoms with Gasteiger partial charge in [-0.2, -0.15) is 0 Å². The molecule has 10 heavy (non-hydrogen) atoms. The van der Waals surface area contributed by atoms with E-state index in [1.165, 1.54) is 7.11 Å². The maximum absolute atomic E-state index is 10.6. The molecule has 0 heterocycles. The number of carbonyl (C=O) groups is 1. The number of carbonyl (C=O) groups excluding carboxylic acids is 1. The average Bonchev–Trinajstić information content (AvgIpc) is 1.87. The van der Waals surface area contributed by atoms with E-state index in [1.807, 2.05) is 6.92 Å². The summed E-state index contributed by atoms with van der Waals surface area (Å²) in [7, 11) is 1.36. The van der Waals surface area contributed by atoms with Crippen molar-refractivity contribution in [2.24, 2.45) is 5.92 Å². The Kier molecular flexibility index (Phi) is 3.69. The fourth-order valence-corrected chi connectivity index (χ4v) is 0.486. The van der Waals surface area contributed by atoms with Gasteiger partial charge < -0.3 is 10.1 Å². The molecule has 3 nitrogen and oxygen atoms in total. The van der Waals surface area contributed by atoms with Crippen LogP contribution in [-0.4, -0.2) is 18.8 Å². The summed E-state index contributed by atoms with van der Waals surface area (Å²) in [6, 6.07) is 0. The lowest BCUT2D eigenvalue weighted by Crippen LogP contribution is -2.12. The molecule has 0 unspecified atom stereocenters. The minimum absolute atomic E-state index is 0.00690. The highest BCUT2D eigenvalue weighted by Crippen LogP contribution is 2.03. The number of hydrogen-bond acceptors (Lipinski definition) is 3. The maximum Gasteiger partial charge on any atom is 0.306 e. The second-order valence-electron chi connectivity index (χ2n) is 2.36. The van der Waals surface area contributed by atoms with E-state index in [1.54, 1.807) is 6.92 Å². The van der Waals surface area contributed by atoms with Crippen LogP contribution in [0.5, 0.6) is 0 Å². The predicted molar refractivity (Wildman–Crippen MR) is 39.2 cm³/mol. The van der Waals surface area contributed by atoms with E-state index in [4.69, 9.17) is 5.41 Å². The van der Waals surface area contributed by atoms with Crippen molar-refractivity contribution < 1.29 is 9.53 Å². The molecule has 1 atom stereocenters. The van der Waals surface area contributed by atoms with Gasteiger partial charge in [0.15, 0.2) is 0 Å². The van der Waals surface area contributed by atoms with E-state index in [0.717, 1.165) is 0 Å². The first-order valence-corrected chi connectivity index (χ1v) is 3.19. The Morgan fingerprint density at radius 2 is 2.20 bits per heavy atom. The molecular weight excluding hydrogens is 130 g/mol. The van der Waals surface area contributed by atoms with Gasteiger partial charge in [0, 0.05) is 11.6 Å². The first-order chi connectivity index (χ1) is 4.57. The monoisotopic (exact) mass is 143 g/mol. The van der Waals surface area contributed by atoms with Crippen LogP contribution in [0.25, 0.3) is 0 Å². The molecule has 58 valence electrons. The van der Waals surface area contributed by atoms with Crippen LogP contribution in [0, 0.1) is 11.3 Å². The molecule has 0 aliphatic rings. The molecule has 3 heteroatoms. The summed E-state index contributed by atoms with van der Waals surface area (Å²) in [6.07, 6.45) is 0.311. The van der Waals surface area contributed by atoms with Gasteiger partial charge in [0.1, 0.15) is 0 Å². The van der Waals surface area contributed by atoms with Crippen LogP contribution >= 0.6 is 0 Å². The van der Waals surface area contributed by atoms with Crippen molar-refractivity contribution in [1.29, 1.82) is 5.41 Å². The second-order valence-corrected chi connectivity index (χ2v) is 2.36. The highest BCUT2D eigenvalue weighted by atomic mass is 16.5. The van der Waals surface area contributed by atoms with Crippen LogP contribution in [-0.2, 0) is 9.53 Å². The zero-order valence-corrected chi connectivity index (χ0v) is 6.60. The fourth-order valence-electron chi connectivity index (χ4n) is 0.486. The third-order valence-corrected chi connectivity index (χ3v) is 1.44. The second kappa shape index (κ2) is 4.04. The summed E-state index contributed by atoms with van der Waals surface area (Å²) < 4.78 is 4.44. The van der Waals surface area contributed by atoms with Crippen molar-refractivity contribution in [2.45, 2.75) is 20.3 Å². The maximum atomic E-state index is 10.6. The van der Waals surface area contributed by atoms with Crippen molar-refractivity contribution in [2.75, 3.05) is 7.11 Å². The van der Waals surface area contributed by atoms with Crippen molar-refractivity contribution >= 4 is 11.7 Å². The van der Waals surface area contributed by atoms with Crippen LogP contribution < -0.4 is 0 Å². The Labute approximate surface area is 60.9 Å². The highest BCUT2D eigenvalue weighted by Gasteiger charge is 2.09. The molecule has 0 aromatic carbocycles. The van der Waals surface area contributed by atoms with Crippen molar-refractivity contribution in [3.8, 4) is 0 Å². The van der Waals surface area contributed by atoms with E-state index >= 15 is 0 Å². The lowest BCUT2D eigenvalue weighted by Gasteiger charge is -2.06. The lowest BCUT2D eigenvalue weighted by atomic mass is 10.0. The highest BCUT2D eigenvalue weighted by molar-refractivity contribution is 5.85. The first kappa shape index (κ1) is 9.14. The van der Waals surface area contributed by atoms with Gasteiger partial charge in [0.05, 0.1) is 13.5 Å². The molecule has 0 aromatic heterocycles. The minimum atomic E-state index is -0.251. The van der Waals surface area contributed by atoms with Crippen LogP contribution in [0.3, 0.4) is 0 Å². The van der Waals surface area contributed by atoms with Gasteiger partial charge in [-0.25, -0.2) is 0 Å². The van der Waals surface area contributed by atoms with Crippen LogP contribution in [0.4, 0.5) is 0 Å². The van der Waals surface area contributed by atoms with E-state index in [-0.39, 0.29) is 11.9 Å². The number of hydrogen-bond donors (Lipinski definition) is 1. The lowest BCUT2D eigenvalue weighted by molar-refractivity contribution is -0.141. The fraction of sp³-hybridized carbons (Fsp3) is 0.714. The Balaban J connectivity index is 3.68. The molecule has 0 aromatic rings. The normalized spacial score (nSPS) is 12.3. The van der Waals surface area contributed by atoms with Gasteiger partial charge >= 0.3 is 5.97 Å². The molecule has 0 aliphatic carbocycles. The smallest absolute Gasteiger partial charge is 0.306 e. The number of nitrogens with one attached hydrogen (secondary N) is 1. The van der Waals surface area contributed by atoms with Crippen LogP contribution in [0.2, 0.25) is 0 Å². The van der Waals surface area contributed by atoms with Gasteiger partial charge in [-0.1, -0.05) is 6.92 Å². The standard InChI is InChI=1S/C7H13NO2/c1-5(6(2)8)4-7(9)10-3/h5,8H,4H2,1-3H3/t5-/m1/s1. The molecule has 0 saturated heterocycles. The molecule has 0 aliphatic heterocycles. The number of rotatable bonds is 3. The third-order valence-electron chi connectivity index (χ3n) is 1.44. The molecule has 0 radical (unpaired) electrons. The van der Waals surface area contributed by atoms with Crippen molar-refractivity contribution in [3.63, 3.8) is 0 Å². The number of esters is 1. The van der Waals surface area contributed by atoms with Crippen LogP contribution in [0.1, 0.15) is 20.3 Å². The van der Waals surface area contributed by atoms with Crippen molar-refractivity contribution in [3.05, 3.63) is 0 Å². The Morgan fingerprint density at radius 3 is 2.50 bits per heavy atom. The minimum Gasteiger partial charge on any atom is -0.469 e. The summed E-state index contributed by atoms with van der Waals surface area (Å²) in [4.78, 5) is 10.6. The largest absolute Gasteiger partial charge is 0.469 e. The molecule has 0 spiro atoms. The predicted octanol–water partition coefficient (Wildman–Crippen LogP) is 1.23. The van der Waals surface area contributed by atoms with E-state index in [9.17, 15) is 4.79 Å². The molecule has 0 saturated carbocycles. The average molecular weight is 143 g/mol. The zero-order valence-electron chi connectivity index (χ0n) is 6.60. The Bertz CT molecular complexity index is 143. The summed E-state index contributed by atoms with van der Waals surface area (Å²) >= 11 is 0. The van der Waals surface area contributed by atoms with Gasteiger partial charge in [-0.3, -0.25) is 4.79 Å². The van der Waals surface area contributed by atoms with Gasteiger partial charge in [0.25, 0.3) is 0 Å². The first-order valence-electron chi connectivity index (χ1n) is 3.19. The number of ether oxygens (including phenoxy) is 1. The molecule has 1 N–H and O–H groups in total.